The minimum atomic E-state index is -1.22. The maximum absolute atomic E-state index is 12.0. The van der Waals surface area contributed by atoms with Crippen molar-refractivity contribution in [1.82, 2.24) is 15.1 Å². The number of carbonyl (C=O) groups is 3. The van der Waals surface area contributed by atoms with Gasteiger partial charge in [-0.3, -0.25) is 4.79 Å². The highest BCUT2D eigenvalue weighted by Crippen LogP contribution is 2.08. The van der Waals surface area contributed by atoms with Gasteiger partial charge in [0.25, 0.3) is 0 Å². The number of carbonyl (C=O) groups excluding carboxylic acids is 1. The molecule has 0 bridgehead atoms. The first-order chi connectivity index (χ1) is 9.31. The number of amides is 2. The first kappa shape index (κ1) is 16.2. The number of nitrogens with one attached hydrogen (secondary N) is 1. The van der Waals surface area contributed by atoms with Crippen LogP contribution in [0.25, 0.3) is 0 Å². The lowest BCUT2D eigenvalue weighted by atomic mass is 10.1. The minimum Gasteiger partial charge on any atom is -0.481 e. The summed E-state index contributed by atoms with van der Waals surface area (Å²) in [5, 5.41) is 19.9. The number of carboxylic acid groups (broad SMARTS) is 2. The smallest absolute Gasteiger partial charge is 0.326 e. The highest BCUT2D eigenvalue weighted by Gasteiger charge is 2.27. The average molecular weight is 287 g/mol. The molecule has 2 atom stereocenters. The molecule has 0 aromatic rings. The van der Waals surface area contributed by atoms with Crippen molar-refractivity contribution in [1.29, 1.82) is 0 Å². The second-order valence-corrected chi connectivity index (χ2v) is 5.05. The molecule has 8 heteroatoms. The van der Waals surface area contributed by atoms with Crippen LogP contribution in [0.5, 0.6) is 0 Å². The molecule has 0 aromatic heterocycles. The predicted octanol–water partition coefficient (Wildman–Crippen LogP) is -0.350. The van der Waals surface area contributed by atoms with Gasteiger partial charge in [-0.15, -0.1) is 0 Å². The summed E-state index contributed by atoms with van der Waals surface area (Å²) in [5.74, 6) is -2.31. The van der Waals surface area contributed by atoms with Gasteiger partial charge in [0.05, 0.1) is 0 Å². The quantitative estimate of drug-likeness (QED) is 0.637. The second-order valence-electron chi connectivity index (χ2n) is 5.05. The molecule has 0 saturated carbocycles. The third-order valence-electron chi connectivity index (χ3n) is 3.49. The molecule has 1 aliphatic rings. The zero-order valence-electron chi connectivity index (χ0n) is 11.7. The maximum Gasteiger partial charge on any atom is 0.326 e. The number of carboxylic acids is 2. The average Bonchev–Trinajstić information content (AvgIpc) is 2.36. The molecule has 3 N–H and O–H groups in total. The number of aliphatic carboxylic acids is 2. The van der Waals surface area contributed by atoms with Crippen molar-refractivity contribution < 1.29 is 24.6 Å². The van der Waals surface area contributed by atoms with E-state index < -0.39 is 24.0 Å². The molecule has 1 unspecified atom stereocenters. The van der Waals surface area contributed by atoms with Gasteiger partial charge in [-0.05, 0) is 20.4 Å². The molecule has 0 spiro atoms. The molecule has 1 fully saturated rings. The van der Waals surface area contributed by atoms with Crippen molar-refractivity contribution in [2.75, 3.05) is 26.7 Å². The Labute approximate surface area is 117 Å². The third kappa shape index (κ3) is 4.69. The summed E-state index contributed by atoms with van der Waals surface area (Å²) in [7, 11) is 1.97. The van der Waals surface area contributed by atoms with Crippen LogP contribution in [-0.2, 0) is 9.59 Å². The summed E-state index contributed by atoms with van der Waals surface area (Å²) in [4.78, 5) is 37.1. The van der Waals surface area contributed by atoms with Gasteiger partial charge < -0.3 is 25.3 Å². The van der Waals surface area contributed by atoms with Gasteiger partial charge in [0.2, 0.25) is 0 Å². The van der Waals surface area contributed by atoms with Crippen molar-refractivity contribution in [3.8, 4) is 0 Å². The molecule has 8 nitrogen and oxygen atoms in total. The fourth-order valence-electron chi connectivity index (χ4n) is 2.00. The van der Waals surface area contributed by atoms with Crippen molar-refractivity contribution in [2.24, 2.45) is 0 Å². The number of rotatable bonds is 5. The first-order valence-electron chi connectivity index (χ1n) is 6.51. The summed E-state index contributed by atoms with van der Waals surface area (Å²) in [6, 6.07) is -1.42. The van der Waals surface area contributed by atoms with Gasteiger partial charge in [-0.2, -0.15) is 0 Å². The molecule has 114 valence electrons. The van der Waals surface area contributed by atoms with Crippen molar-refractivity contribution >= 4 is 18.0 Å². The first-order valence-corrected chi connectivity index (χ1v) is 6.51. The zero-order chi connectivity index (χ0) is 15.3. The molecule has 0 radical (unpaired) electrons. The van der Waals surface area contributed by atoms with Crippen LogP contribution in [0.4, 0.5) is 4.79 Å². The van der Waals surface area contributed by atoms with Crippen LogP contribution in [0.3, 0.4) is 0 Å². The standard InChI is InChI=1S/C12H21N3O5/c1-8-7-15(6-5-14(8)2)12(20)13-9(11(18)19)3-4-10(16)17/h8-9H,3-7H2,1-2H3,(H,13,20)(H,16,17)(H,18,19)/t8?,9-/m0/s1. The predicted molar refractivity (Wildman–Crippen MR) is 70.5 cm³/mol. The monoisotopic (exact) mass is 287 g/mol. The third-order valence-corrected chi connectivity index (χ3v) is 3.49. The van der Waals surface area contributed by atoms with Crippen LogP contribution in [-0.4, -0.2) is 76.7 Å². The molecule has 20 heavy (non-hydrogen) atoms. The van der Waals surface area contributed by atoms with Gasteiger partial charge in [0, 0.05) is 32.1 Å². The van der Waals surface area contributed by atoms with E-state index in [9.17, 15) is 14.4 Å². The maximum atomic E-state index is 12.0. The van der Waals surface area contributed by atoms with E-state index in [1.807, 2.05) is 14.0 Å². The lowest BCUT2D eigenvalue weighted by molar-refractivity contribution is -0.140. The van der Waals surface area contributed by atoms with Gasteiger partial charge in [-0.1, -0.05) is 0 Å². The number of hydrogen-bond acceptors (Lipinski definition) is 4. The SMILES string of the molecule is CC1CN(C(=O)N[C@@H](CCC(=O)O)C(=O)O)CCN1C. The Bertz CT molecular complexity index is 387. The molecular formula is C12H21N3O5. The second kappa shape index (κ2) is 7.09. The van der Waals surface area contributed by atoms with Crippen molar-refractivity contribution in [2.45, 2.75) is 31.8 Å². The van der Waals surface area contributed by atoms with Crippen molar-refractivity contribution in [3.63, 3.8) is 0 Å². The molecule has 1 aliphatic heterocycles. The van der Waals surface area contributed by atoms with Gasteiger partial charge in [-0.25, -0.2) is 9.59 Å². The summed E-state index contributed by atoms with van der Waals surface area (Å²) >= 11 is 0. The molecule has 0 aliphatic carbocycles. The molecular weight excluding hydrogens is 266 g/mol. The van der Waals surface area contributed by atoms with E-state index in [-0.39, 0.29) is 18.9 Å². The number of hydrogen-bond donors (Lipinski definition) is 3. The molecule has 2 amide bonds. The highest BCUT2D eigenvalue weighted by atomic mass is 16.4. The van der Waals surface area contributed by atoms with E-state index in [2.05, 4.69) is 10.2 Å². The topological polar surface area (TPSA) is 110 Å². The Kier molecular flexibility index (Phi) is 5.75. The van der Waals surface area contributed by atoms with E-state index in [4.69, 9.17) is 10.2 Å². The molecule has 1 rings (SSSR count). The minimum absolute atomic E-state index is 0.125. The van der Waals surface area contributed by atoms with Crippen molar-refractivity contribution in [3.05, 3.63) is 0 Å². The Morgan fingerprint density at radius 2 is 1.95 bits per heavy atom. The Morgan fingerprint density at radius 3 is 2.45 bits per heavy atom. The van der Waals surface area contributed by atoms with Crippen LogP contribution in [0.15, 0.2) is 0 Å². The largest absolute Gasteiger partial charge is 0.481 e. The number of piperazine rings is 1. The van der Waals surface area contributed by atoms with E-state index in [0.29, 0.717) is 13.1 Å². The Balaban J connectivity index is 2.53. The van der Waals surface area contributed by atoms with Gasteiger partial charge in [0.15, 0.2) is 0 Å². The molecule has 1 saturated heterocycles. The normalized spacial score (nSPS) is 21.3. The van der Waals surface area contributed by atoms with E-state index in [1.54, 1.807) is 4.90 Å². The van der Waals surface area contributed by atoms with E-state index in [0.717, 1.165) is 6.54 Å². The van der Waals surface area contributed by atoms with Crippen LogP contribution in [0.2, 0.25) is 0 Å². The summed E-state index contributed by atoms with van der Waals surface area (Å²) in [6.45, 7) is 3.76. The number of nitrogens with zero attached hydrogens (tertiary/aromatic N) is 2. The lowest BCUT2D eigenvalue weighted by Gasteiger charge is -2.38. The summed E-state index contributed by atoms with van der Waals surface area (Å²) < 4.78 is 0. The van der Waals surface area contributed by atoms with E-state index >= 15 is 0 Å². The number of likely N-dealkylation sites (N-methyl/N-ethyl adjacent to an activating group) is 1. The Hall–Kier alpha value is -1.83. The molecule has 0 aromatic carbocycles. The zero-order valence-corrected chi connectivity index (χ0v) is 11.7. The van der Waals surface area contributed by atoms with Crippen LogP contribution in [0.1, 0.15) is 19.8 Å². The van der Waals surface area contributed by atoms with Crippen LogP contribution < -0.4 is 5.32 Å². The lowest BCUT2D eigenvalue weighted by Crippen LogP contribution is -2.56. The fourth-order valence-corrected chi connectivity index (χ4v) is 2.00. The van der Waals surface area contributed by atoms with Gasteiger partial charge in [0.1, 0.15) is 6.04 Å². The van der Waals surface area contributed by atoms with E-state index in [1.165, 1.54) is 0 Å². The summed E-state index contributed by atoms with van der Waals surface area (Å²) in [5.41, 5.74) is 0. The molecule has 1 heterocycles. The fraction of sp³-hybridized carbons (Fsp3) is 0.750. The Morgan fingerprint density at radius 1 is 1.30 bits per heavy atom. The highest BCUT2D eigenvalue weighted by molar-refractivity contribution is 5.83. The summed E-state index contributed by atoms with van der Waals surface area (Å²) in [6.07, 6.45) is -0.421. The van der Waals surface area contributed by atoms with Gasteiger partial charge >= 0.3 is 18.0 Å². The van der Waals surface area contributed by atoms with Crippen LogP contribution in [0, 0.1) is 0 Å². The van der Waals surface area contributed by atoms with Crippen LogP contribution >= 0.6 is 0 Å². The number of urea groups is 1.